The van der Waals surface area contributed by atoms with Crippen LogP contribution < -0.4 is 5.32 Å². The first kappa shape index (κ1) is 21.3. The van der Waals surface area contributed by atoms with E-state index in [1.165, 1.54) is 4.90 Å². The molecule has 1 atom stereocenters. The summed E-state index contributed by atoms with van der Waals surface area (Å²) < 4.78 is 0. The molecule has 2 aromatic carbocycles. The van der Waals surface area contributed by atoms with Gasteiger partial charge in [0.25, 0.3) is 5.91 Å². The van der Waals surface area contributed by atoms with Crippen molar-refractivity contribution < 1.29 is 9.59 Å². The van der Waals surface area contributed by atoms with Crippen molar-refractivity contribution in [1.29, 1.82) is 0 Å². The Morgan fingerprint density at radius 2 is 1.73 bits per heavy atom. The Kier molecular flexibility index (Phi) is 7.35. The first-order valence-electron chi connectivity index (χ1n) is 9.50. The fourth-order valence-corrected chi connectivity index (χ4v) is 3.21. The minimum atomic E-state index is -0.863. The molecule has 2 amide bonds. The van der Waals surface area contributed by atoms with Gasteiger partial charge in [-0.1, -0.05) is 66.2 Å². The van der Waals surface area contributed by atoms with Crippen LogP contribution in [0.4, 0.5) is 0 Å². The van der Waals surface area contributed by atoms with Gasteiger partial charge < -0.3 is 10.2 Å². The Morgan fingerprint density at radius 1 is 1.03 bits per heavy atom. The number of amides is 2. The van der Waals surface area contributed by atoms with Crippen molar-refractivity contribution >= 4 is 23.4 Å². The minimum Gasteiger partial charge on any atom is -0.350 e. The SMILES string of the molecule is C=CCN(C(=O)c1ccccn1)C(C(=O)NCc1ccccc1)c1ccc(Cl)cc1. The lowest BCUT2D eigenvalue weighted by atomic mass is 10.0. The van der Waals surface area contributed by atoms with E-state index in [1.54, 1.807) is 54.7 Å². The predicted octanol–water partition coefficient (Wildman–Crippen LogP) is 4.42. The summed E-state index contributed by atoms with van der Waals surface area (Å²) >= 11 is 6.03. The molecule has 6 heteroatoms. The van der Waals surface area contributed by atoms with E-state index in [0.717, 1.165) is 5.56 Å². The average Bonchev–Trinajstić information content (AvgIpc) is 2.79. The van der Waals surface area contributed by atoms with Crippen LogP contribution in [0.1, 0.15) is 27.7 Å². The molecule has 3 aromatic rings. The van der Waals surface area contributed by atoms with E-state index in [4.69, 9.17) is 11.6 Å². The van der Waals surface area contributed by atoms with Crippen molar-refractivity contribution in [3.63, 3.8) is 0 Å². The molecular weight excluding hydrogens is 398 g/mol. The minimum absolute atomic E-state index is 0.182. The first-order valence-corrected chi connectivity index (χ1v) is 9.88. The molecule has 0 radical (unpaired) electrons. The van der Waals surface area contributed by atoms with Crippen LogP contribution in [0.3, 0.4) is 0 Å². The summed E-state index contributed by atoms with van der Waals surface area (Å²) in [5.74, 6) is -0.655. The van der Waals surface area contributed by atoms with Gasteiger partial charge in [0.1, 0.15) is 11.7 Å². The average molecular weight is 420 g/mol. The van der Waals surface area contributed by atoms with Crippen LogP contribution in [-0.2, 0) is 11.3 Å². The summed E-state index contributed by atoms with van der Waals surface area (Å²) in [5.41, 5.74) is 1.87. The molecule has 3 rings (SSSR count). The number of hydrogen-bond donors (Lipinski definition) is 1. The quantitative estimate of drug-likeness (QED) is 0.550. The number of carbonyl (C=O) groups excluding carboxylic acids is 2. The predicted molar refractivity (Wildman–Crippen MR) is 118 cm³/mol. The molecule has 0 spiro atoms. The Hall–Kier alpha value is -3.44. The highest BCUT2D eigenvalue weighted by atomic mass is 35.5. The molecule has 0 aliphatic heterocycles. The standard InChI is InChI=1S/C24H22ClN3O2/c1-2-16-28(24(30)21-10-6-7-15-26-21)22(19-11-13-20(25)14-12-19)23(29)27-17-18-8-4-3-5-9-18/h2-15,22H,1,16-17H2,(H,27,29). The van der Waals surface area contributed by atoms with Crippen molar-refractivity contribution in [2.75, 3.05) is 6.54 Å². The van der Waals surface area contributed by atoms with E-state index in [2.05, 4.69) is 16.9 Å². The lowest BCUT2D eigenvalue weighted by Crippen LogP contribution is -2.44. The maximum atomic E-state index is 13.3. The molecular formula is C24H22ClN3O2. The molecule has 5 nitrogen and oxygen atoms in total. The zero-order valence-electron chi connectivity index (χ0n) is 16.4. The highest BCUT2D eigenvalue weighted by Crippen LogP contribution is 2.25. The number of aromatic nitrogens is 1. The van der Waals surface area contributed by atoms with Gasteiger partial charge in [-0.25, -0.2) is 0 Å². The van der Waals surface area contributed by atoms with Gasteiger partial charge in [-0.05, 0) is 35.4 Å². The van der Waals surface area contributed by atoms with Crippen molar-refractivity contribution in [3.05, 3.63) is 113 Å². The Morgan fingerprint density at radius 3 is 2.37 bits per heavy atom. The number of benzene rings is 2. The van der Waals surface area contributed by atoms with Gasteiger partial charge in [0.15, 0.2) is 0 Å². The lowest BCUT2D eigenvalue weighted by molar-refractivity contribution is -0.126. The monoisotopic (exact) mass is 419 g/mol. The molecule has 0 saturated carbocycles. The van der Waals surface area contributed by atoms with Crippen molar-refractivity contribution in [2.45, 2.75) is 12.6 Å². The first-order chi connectivity index (χ1) is 14.6. The largest absolute Gasteiger partial charge is 0.350 e. The zero-order valence-corrected chi connectivity index (χ0v) is 17.1. The summed E-state index contributed by atoms with van der Waals surface area (Å²) in [6.45, 7) is 4.29. The smallest absolute Gasteiger partial charge is 0.273 e. The van der Waals surface area contributed by atoms with Crippen LogP contribution in [0.25, 0.3) is 0 Å². The Labute approximate surface area is 181 Å². The second-order valence-electron chi connectivity index (χ2n) is 6.62. The summed E-state index contributed by atoms with van der Waals surface area (Å²) in [5, 5.41) is 3.49. The van der Waals surface area contributed by atoms with Crippen molar-refractivity contribution in [2.24, 2.45) is 0 Å². The van der Waals surface area contributed by atoms with Crippen LogP contribution in [-0.4, -0.2) is 28.2 Å². The summed E-state index contributed by atoms with van der Waals surface area (Å²) in [4.78, 5) is 32.1. The maximum absolute atomic E-state index is 13.3. The van der Waals surface area contributed by atoms with Crippen molar-refractivity contribution in [1.82, 2.24) is 15.2 Å². The van der Waals surface area contributed by atoms with E-state index in [9.17, 15) is 9.59 Å². The molecule has 1 heterocycles. The number of hydrogen-bond acceptors (Lipinski definition) is 3. The highest BCUT2D eigenvalue weighted by Gasteiger charge is 2.31. The topological polar surface area (TPSA) is 62.3 Å². The molecule has 30 heavy (non-hydrogen) atoms. The third-order valence-corrected chi connectivity index (χ3v) is 4.78. The number of nitrogens with zero attached hydrogens (tertiary/aromatic N) is 2. The molecule has 0 bridgehead atoms. The third-order valence-electron chi connectivity index (χ3n) is 4.53. The van der Waals surface area contributed by atoms with E-state index in [0.29, 0.717) is 17.1 Å². The van der Waals surface area contributed by atoms with Crippen LogP contribution in [0.15, 0.2) is 91.6 Å². The van der Waals surface area contributed by atoms with Gasteiger partial charge in [0.05, 0.1) is 0 Å². The Bertz CT molecular complexity index is 992. The molecule has 1 aromatic heterocycles. The summed E-state index contributed by atoms with van der Waals surface area (Å²) in [6.07, 6.45) is 3.14. The number of rotatable bonds is 8. The van der Waals surface area contributed by atoms with Crippen LogP contribution in [0.5, 0.6) is 0 Å². The second kappa shape index (κ2) is 10.4. The maximum Gasteiger partial charge on any atom is 0.273 e. The lowest BCUT2D eigenvalue weighted by Gasteiger charge is -2.30. The molecule has 0 saturated heterocycles. The number of nitrogens with one attached hydrogen (secondary N) is 1. The highest BCUT2D eigenvalue weighted by molar-refractivity contribution is 6.30. The van der Waals surface area contributed by atoms with Crippen molar-refractivity contribution in [3.8, 4) is 0 Å². The van der Waals surface area contributed by atoms with Gasteiger partial charge in [-0.2, -0.15) is 0 Å². The van der Waals surface area contributed by atoms with Crippen LogP contribution in [0.2, 0.25) is 5.02 Å². The molecule has 0 aliphatic carbocycles. The molecule has 1 N–H and O–H groups in total. The number of halogens is 1. The molecule has 1 unspecified atom stereocenters. The van der Waals surface area contributed by atoms with Gasteiger partial charge in [-0.15, -0.1) is 6.58 Å². The fourth-order valence-electron chi connectivity index (χ4n) is 3.08. The van der Waals surface area contributed by atoms with Gasteiger partial charge in [-0.3, -0.25) is 14.6 Å². The summed E-state index contributed by atoms with van der Waals surface area (Å²) in [6, 6.07) is 20.7. The molecule has 152 valence electrons. The van der Waals surface area contributed by atoms with Gasteiger partial charge >= 0.3 is 0 Å². The van der Waals surface area contributed by atoms with Gasteiger partial charge in [0, 0.05) is 24.3 Å². The normalized spacial score (nSPS) is 11.4. The summed E-state index contributed by atoms with van der Waals surface area (Å²) in [7, 11) is 0. The fraction of sp³-hybridized carbons (Fsp3) is 0.125. The van der Waals surface area contributed by atoms with E-state index in [-0.39, 0.29) is 24.1 Å². The van der Waals surface area contributed by atoms with Crippen LogP contribution >= 0.6 is 11.6 Å². The third kappa shape index (κ3) is 5.33. The zero-order chi connectivity index (χ0) is 21.3. The van der Waals surface area contributed by atoms with E-state index < -0.39 is 6.04 Å². The molecule has 0 fully saturated rings. The van der Waals surface area contributed by atoms with Crippen LogP contribution in [0, 0.1) is 0 Å². The number of carbonyl (C=O) groups is 2. The molecule has 0 aliphatic rings. The second-order valence-corrected chi connectivity index (χ2v) is 7.06. The number of pyridine rings is 1. The van der Waals surface area contributed by atoms with E-state index in [1.807, 2.05) is 30.3 Å². The van der Waals surface area contributed by atoms with E-state index >= 15 is 0 Å². The Balaban J connectivity index is 1.93. The van der Waals surface area contributed by atoms with Gasteiger partial charge in [0.2, 0.25) is 5.91 Å².